The first-order chi connectivity index (χ1) is 8.22. The third-order valence-corrected chi connectivity index (χ3v) is 5.45. The van der Waals surface area contributed by atoms with E-state index in [1.807, 2.05) is 6.07 Å². The van der Waals surface area contributed by atoms with Crippen molar-refractivity contribution in [3.63, 3.8) is 0 Å². The highest BCUT2D eigenvalue weighted by molar-refractivity contribution is 9.10. The normalized spacial score (nSPS) is 19.0. The summed E-state index contributed by atoms with van der Waals surface area (Å²) in [7, 11) is 1.70. The number of alkyl halides is 1. The van der Waals surface area contributed by atoms with Gasteiger partial charge in [-0.25, -0.2) is 0 Å². The molecule has 1 saturated carbocycles. The van der Waals surface area contributed by atoms with Crippen LogP contribution in [-0.2, 0) is 0 Å². The standard InChI is InChI=1S/C14H18Br2O/c1-17-13-8-7-11(9-12(13)15)14(16)10-5-3-2-4-6-10/h7-10,14H,2-6H2,1H3. The zero-order chi connectivity index (χ0) is 12.3. The third-order valence-electron chi connectivity index (χ3n) is 3.56. The Bertz CT molecular complexity index is 372. The summed E-state index contributed by atoms with van der Waals surface area (Å²) in [5.41, 5.74) is 1.35. The Hall–Kier alpha value is -0.0200. The van der Waals surface area contributed by atoms with Gasteiger partial charge in [-0.05, 0) is 52.4 Å². The largest absolute Gasteiger partial charge is 0.496 e. The summed E-state index contributed by atoms with van der Waals surface area (Å²) in [4.78, 5) is 0.477. The Balaban J connectivity index is 2.12. The number of ether oxygens (including phenoxy) is 1. The quantitative estimate of drug-likeness (QED) is 0.648. The second-order valence-corrected chi connectivity index (χ2v) is 6.53. The van der Waals surface area contributed by atoms with Gasteiger partial charge in [0.2, 0.25) is 0 Å². The minimum atomic E-state index is 0.477. The van der Waals surface area contributed by atoms with E-state index in [-0.39, 0.29) is 0 Å². The lowest BCUT2D eigenvalue weighted by atomic mass is 9.85. The van der Waals surface area contributed by atoms with E-state index in [2.05, 4.69) is 44.0 Å². The molecule has 1 aromatic carbocycles. The van der Waals surface area contributed by atoms with Crippen molar-refractivity contribution in [1.29, 1.82) is 0 Å². The molecule has 1 unspecified atom stereocenters. The molecule has 1 atom stereocenters. The molecule has 0 aliphatic heterocycles. The Labute approximate surface area is 120 Å². The van der Waals surface area contributed by atoms with E-state index in [0.29, 0.717) is 4.83 Å². The lowest BCUT2D eigenvalue weighted by Gasteiger charge is -2.26. The Morgan fingerprint density at radius 3 is 2.53 bits per heavy atom. The molecule has 0 saturated heterocycles. The van der Waals surface area contributed by atoms with Crippen molar-refractivity contribution in [2.45, 2.75) is 36.9 Å². The van der Waals surface area contributed by atoms with Gasteiger partial charge in [0.25, 0.3) is 0 Å². The molecule has 1 aliphatic rings. The molecule has 3 heteroatoms. The molecule has 1 aromatic rings. The first-order valence-electron chi connectivity index (χ1n) is 6.20. The lowest BCUT2D eigenvalue weighted by molar-refractivity contribution is 0.354. The number of hydrogen-bond acceptors (Lipinski definition) is 1. The molecule has 1 aliphatic carbocycles. The van der Waals surface area contributed by atoms with E-state index < -0.39 is 0 Å². The van der Waals surface area contributed by atoms with Gasteiger partial charge in [0, 0.05) is 4.83 Å². The van der Waals surface area contributed by atoms with Gasteiger partial charge >= 0.3 is 0 Å². The average Bonchev–Trinajstić information content (AvgIpc) is 2.39. The number of rotatable bonds is 3. The second kappa shape index (κ2) is 6.24. The van der Waals surface area contributed by atoms with Crippen LogP contribution in [0.15, 0.2) is 22.7 Å². The van der Waals surface area contributed by atoms with E-state index in [1.165, 1.54) is 37.7 Å². The van der Waals surface area contributed by atoms with E-state index in [1.54, 1.807) is 7.11 Å². The minimum absolute atomic E-state index is 0.477. The molecule has 17 heavy (non-hydrogen) atoms. The molecular formula is C14H18Br2O. The van der Waals surface area contributed by atoms with Crippen molar-refractivity contribution in [3.05, 3.63) is 28.2 Å². The Morgan fingerprint density at radius 2 is 1.94 bits per heavy atom. The maximum Gasteiger partial charge on any atom is 0.133 e. The van der Waals surface area contributed by atoms with Crippen molar-refractivity contribution < 1.29 is 4.74 Å². The molecule has 0 heterocycles. The average molecular weight is 362 g/mol. The predicted molar refractivity (Wildman–Crippen MR) is 78.9 cm³/mol. The number of benzene rings is 1. The fraction of sp³-hybridized carbons (Fsp3) is 0.571. The molecule has 94 valence electrons. The van der Waals surface area contributed by atoms with Gasteiger partial charge in [0.1, 0.15) is 5.75 Å². The SMILES string of the molecule is COc1ccc(C(Br)C2CCCCC2)cc1Br. The fourth-order valence-electron chi connectivity index (χ4n) is 2.55. The number of halogens is 2. The maximum atomic E-state index is 5.26. The molecule has 2 rings (SSSR count). The van der Waals surface area contributed by atoms with Crippen molar-refractivity contribution >= 4 is 31.9 Å². The molecule has 0 radical (unpaired) electrons. The smallest absolute Gasteiger partial charge is 0.133 e. The zero-order valence-corrected chi connectivity index (χ0v) is 13.3. The van der Waals surface area contributed by atoms with Crippen molar-refractivity contribution in [1.82, 2.24) is 0 Å². The lowest BCUT2D eigenvalue weighted by Crippen LogP contribution is -2.11. The molecule has 0 aromatic heterocycles. The topological polar surface area (TPSA) is 9.23 Å². The van der Waals surface area contributed by atoms with Gasteiger partial charge in [-0.1, -0.05) is 41.3 Å². The summed E-state index contributed by atoms with van der Waals surface area (Å²) in [6, 6.07) is 6.38. The number of hydrogen-bond donors (Lipinski definition) is 0. The maximum absolute atomic E-state index is 5.26. The Morgan fingerprint density at radius 1 is 1.24 bits per heavy atom. The highest BCUT2D eigenvalue weighted by Crippen LogP contribution is 2.41. The monoisotopic (exact) mass is 360 g/mol. The summed E-state index contributed by atoms with van der Waals surface area (Å²) in [6.45, 7) is 0. The molecule has 1 fully saturated rings. The van der Waals surface area contributed by atoms with E-state index in [4.69, 9.17) is 4.74 Å². The van der Waals surface area contributed by atoms with Crippen LogP contribution >= 0.6 is 31.9 Å². The molecule has 0 spiro atoms. The van der Waals surface area contributed by atoms with Crippen molar-refractivity contribution in [2.75, 3.05) is 7.11 Å². The molecule has 0 N–H and O–H groups in total. The summed E-state index contributed by atoms with van der Waals surface area (Å²) in [5.74, 6) is 1.68. The van der Waals surface area contributed by atoms with E-state index in [0.717, 1.165) is 16.1 Å². The highest BCUT2D eigenvalue weighted by Gasteiger charge is 2.23. The molecular weight excluding hydrogens is 344 g/mol. The first-order valence-corrected chi connectivity index (χ1v) is 7.90. The molecule has 0 amide bonds. The van der Waals surface area contributed by atoms with Crippen LogP contribution in [0, 0.1) is 5.92 Å². The van der Waals surface area contributed by atoms with Gasteiger partial charge in [-0.2, -0.15) is 0 Å². The summed E-state index contributed by atoms with van der Waals surface area (Å²) < 4.78 is 6.30. The summed E-state index contributed by atoms with van der Waals surface area (Å²) >= 11 is 7.42. The summed E-state index contributed by atoms with van der Waals surface area (Å²) in [5, 5.41) is 0. The third kappa shape index (κ3) is 3.25. The van der Waals surface area contributed by atoms with Crippen LogP contribution in [0.1, 0.15) is 42.5 Å². The number of methoxy groups -OCH3 is 1. The van der Waals surface area contributed by atoms with Crippen LogP contribution in [-0.4, -0.2) is 7.11 Å². The van der Waals surface area contributed by atoms with Crippen LogP contribution in [0.4, 0.5) is 0 Å². The minimum Gasteiger partial charge on any atom is -0.496 e. The van der Waals surface area contributed by atoms with Gasteiger partial charge in [-0.3, -0.25) is 0 Å². The van der Waals surface area contributed by atoms with Gasteiger partial charge in [0.05, 0.1) is 11.6 Å². The first kappa shape index (κ1) is 13.4. The predicted octanol–water partition coefficient (Wildman–Crippen LogP) is 5.47. The van der Waals surface area contributed by atoms with Gasteiger partial charge in [0.15, 0.2) is 0 Å². The van der Waals surface area contributed by atoms with Crippen LogP contribution < -0.4 is 4.74 Å². The Kier molecular flexibility index (Phi) is 4.92. The van der Waals surface area contributed by atoms with Crippen molar-refractivity contribution in [2.24, 2.45) is 5.92 Å². The summed E-state index contributed by atoms with van der Waals surface area (Å²) in [6.07, 6.45) is 6.86. The van der Waals surface area contributed by atoms with Crippen LogP contribution in [0.5, 0.6) is 5.75 Å². The van der Waals surface area contributed by atoms with E-state index in [9.17, 15) is 0 Å². The van der Waals surface area contributed by atoms with Crippen LogP contribution in [0.2, 0.25) is 0 Å². The van der Waals surface area contributed by atoms with Crippen LogP contribution in [0.25, 0.3) is 0 Å². The van der Waals surface area contributed by atoms with E-state index >= 15 is 0 Å². The zero-order valence-electron chi connectivity index (χ0n) is 10.1. The van der Waals surface area contributed by atoms with Crippen LogP contribution in [0.3, 0.4) is 0 Å². The molecule has 0 bridgehead atoms. The fourth-order valence-corrected chi connectivity index (χ4v) is 3.92. The van der Waals surface area contributed by atoms with Gasteiger partial charge in [-0.15, -0.1) is 0 Å². The van der Waals surface area contributed by atoms with Crippen molar-refractivity contribution in [3.8, 4) is 5.75 Å². The highest BCUT2D eigenvalue weighted by atomic mass is 79.9. The van der Waals surface area contributed by atoms with Gasteiger partial charge < -0.3 is 4.74 Å². The molecule has 1 nitrogen and oxygen atoms in total. The second-order valence-electron chi connectivity index (χ2n) is 4.69.